The Bertz CT molecular complexity index is 439. The molecule has 1 aromatic carbocycles. The van der Waals surface area contributed by atoms with E-state index < -0.39 is 0 Å². The van der Waals surface area contributed by atoms with Crippen molar-refractivity contribution in [2.75, 3.05) is 31.1 Å². The van der Waals surface area contributed by atoms with Crippen LogP contribution < -0.4 is 16.0 Å². The third kappa shape index (κ3) is 3.47. The van der Waals surface area contributed by atoms with Gasteiger partial charge >= 0.3 is 0 Å². The molecule has 0 aliphatic carbocycles. The van der Waals surface area contributed by atoms with Crippen molar-refractivity contribution in [1.82, 2.24) is 5.32 Å². The molecule has 1 aliphatic heterocycles. The molecule has 0 spiro atoms. The zero-order chi connectivity index (χ0) is 13.7. The van der Waals surface area contributed by atoms with E-state index >= 15 is 0 Å². The smallest absolute Gasteiger partial charge is 0.253 e. The average Bonchev–Trinajstić information content (AvgIpc) is 2.92. The number of rotatable bonds is 5. The molecule has 104 valence electrons. The number of nitrogens with two attached hydrogens (primary N) is 1. The topological polar surface area (TPSA) is 58.4 Å². The van der Waals surface area contributed by atoms with Crippen LogP contribution in [-0.4, -0.2) is 32.1 Å². The SMILES string of the molecule is Cc1ccc(N2CCCC2)c(C(=O)NCCCN)c1. The average molecular weight is 261 g/mol. The van der Waals surface area contributed by atoms with Crippen molar-refractivity contribution in [2.45, 2.75) is 26.2 Å². The highest BCUT2D eigenvalue weighted by atomic mass is 16.1. The van der Waals surface area contributed by atoms with Gasteiger partial charge in [0.1, 0.15) is 0 Å². The summed E-state index contributed by atoms with van der Waals surface area (Å²) in [6.07, 6.45) is 3.24. The molecular formula is C15H23N3O. The molecule has 2 rings (SSSR count). The van der Waals surface area contributed by atoms with Crippen LogP contribution in [0.3, 0.4) is 0 Å². The minimum atomic E-state index is 0.0130. The number of hydrogen-bond donors (Lipinski definition) is 2. The summed E-state index contributed by atoms with van der Waals surface area (Å²) in [5.74, 6) is 0.0130. The van der Waals surface area contributed by atoms with Gasteiger partial charge in [-0.25, -0.2) is 0 Å². The Morgan fingerprint density at radius 2 is 2.11 bits per heavy atom. The summed E-state index contributed by atoms with van der Waals surface area (Å²) in [6.45, 7) is 5.36. The van der Waals surface area contributed by atoms with E-state index in [4.69, 9.17) is 5.73 Å². The van der Waals surface area contributed by atoms with E-state index in [0.717, 1.165) is 36.3 Å². The summed E-state index contributed by atoms with van der Waals surface area (Å²) in [5, 5.41) is 2.95. The standard InChI is InChI=1S/C15H23N3O/c1-12-5-6-14(18-9-2-3-10-18)13(11-12)15(19)17-8-4-7-16/h5-6,11H,2-4,7-10,16H2,1H3,(H,17,19). The van der Waals surface area contributed by atoms with Gasteiger partial charge in [0.05, 0.1) is 5.56 Å². The molecule has 1 heterocycles. The van der Waals surface area contributed by atoms with Crippen molar-refractivity contribution < 1.29 is 4.79 Å². The largest absolute Gasteiger partial charge is 0.371 e. The molecule has 0 aromatic heterocycles. The lowest BCUT2D eigenvalue weighted by Gasteiger charge is -2.21. The Balaban J connectivity index is 2.16. The lowest BCUT2D eigenvalue weighted by Crippen LogP contribution is -2.29. The number of carbonyl (C=O) groups excluding carboxylic acids is 1. The molecule has 0 saturated carbocycles. The first kappa shape index (κ1) is 13.9. The number of amides is 1. The van der Waals surface area contributed by atoms with Gasteiger partial charge in [0.25, 0.3) is 5.91 Å². The molecule has 3 N–H and O–H groups in total. The summed E-state index contributed by atoms with van der Waals surface area (Å²) < 4.78 is 0. The number of carbonyl (C=O) groups is 1. The van der Waals surface area contributed by atoms with Crippen molar-refractivity contribution in [3.63, 3.8) is 0 Å². The first-order valence-electron chi connectivity index (χ1n) is 7.06. The third-order valence-corrected chi connectivity index (χ3v) is 3.51. The molecular weight excluding hydrogens is 238 g/mol. The van der Waals surface area contributed by atoms with E-state index in [1.807, 2.05) is 13.0 Å². The van der Waals surface area contributed by atoms with E-state index in [1.165, 1.54) is 12.8 Å². The summed E-state index contributed by atoms with van der Waals surface area (Å²) >= 11 is 0. The van der Waals surface area contributed by atoms with Crippen LogP contribution in [0.2, 0.25) is 0 Å². The molecule has 0 radical (unpaired) electrons. The summed E-state index contributed by atoms with van der Waals surface area (Å²) in [6, 6.07) is 6.12. The lowest BCUT2D eigenvalue weighted by atomic mass is 10.1. The first-order valence-corrected chi connectivity index (χ1v) is 7.06. The van der Waals surface area contributed by atoms with Crippen molar-refractivity contribution in [3.8, 4) is 0 Å². The van der Waals surface area contributed by atoms with Gasteiger partial charge in [-0.2, -0.15) is 0 Å². The molecule has 1 aliphatic rings. The highest BCUT2D eigenvalue weighted by Crippen LogP contribution is 2.25. The van der Waals surface area contributed by atoms with Gasteiger partial charge in [0, 0.05) is 25.3 Å². The number of nitrogens with zero attached hydrogens (tertiary/aromatic N) is 1. The number of hydrogen-bond acceptors (Lipinski definition) is 3. The Morgan fingerprint density at radius 1 is 1.37 bits per heavy atom. The minimum Gasteiger partial charge on any atom is -0.371 e. The number of anilines is 1. The summed E-state index contributed by atoms with van der Waals surface area (Å²) in [4.78, 5) is 14.6. The van der Waals surface area contributed by atoms with Crippen molar-refractivity contribution in [3.05, 3.63) is 29.3 Å². The monoisotopic (exact) mass is 261 g/mol. The van der Waals surface area contributed by atoms with E-state index in [0.29, 0.717) is 13.1 Å². The minimum absolute atomic E-state index is 0.0130. The Labute approximate surface area is 115 Å². The number of benzene rings is 1. The second-order valence-electron chi connectivity index (χ2n) is 5.11. The number of nitrogens with one attached hydrogen (secondary N) is 1. The van der Waals surface area contributed by atoms with Crippen LogP contribution in [0.4, 0.5) is 5.69 Å². The third-order valence-electron chi connectivity index (χ3n) is 3.51. The fourth-order valence-corrected chi connectivity index (χ4v) is 2.46. The molecule has 19 heavy (non-hydrogen) atoms. The molecule has 0 unspecified atom stereocenters. The second-order valence-corrected chi connectivity index (χ2v) is 5.11. The predicted octanol–water partition coefficient (Wildman–Crippen LogP) is 1.67. The highest BCUT2D eigenvalue weighted by molar-refractivity contribution is 6.00. The van der Waals surface area contributed by atoms with Crippen LogP contribution in [0.25, 0.3) is 0 Å². The van der Waals surface area contributed by atoms with Crippen LogP contribution in [-0.2, 0) is 0 Å². The first-order chi connectivity index (χ1) is 9.22. The van der Waals surface area contributed by atoms with Crippen LogP contribution in [0, 0.1) is 6.92 Å². The Kier molecular flexibility index (Phi) is 4.80. The molecule has 1 aromatic rings. The quantitative estimate of drug-likeness (QED) is 0.793. The zero-order valence-electron chi connectivity index (χ0n) is 11.6. The van der Waals surface area contributed by atoms with Crippen molar-refractivity contribution in [1.29, 1.82) is 0 Å². The second kappa shape index (κ2) is 6.57. The Morgan fingerprint density at radius 3 is 2.79 bits per heavy atom. The van der Waals surface area contributed by atoms with Gasteiger partial charge in [0.15, 0.2) is 0 Å². The van der Waals surface area contributed by atoms with Gasteiger partial charge in [0.2, 0.25) is 0 Å². The molecule has 4 nitrogen and oxygen atoms in total. The van der Waals surface area contributed by atoms with Gasteiger partial charge in [-0.15, -0.1) is 0 Å². The maximum absolute atomic E-state index is 12.3. The fourth-order valence-electron chi connectivity index (χ4n) is 2.46. The molecule has 0 bridgehead atoms. The zero-order valence-corrected chi connectivity index (χ0v) is 11.6. The lowest BCUT2D eigenvalue weighted by molar-refractivity contribution is 0.0954. The highest BCUT2D eigenvalue weighted by Gasteiger charge is 2.19. The normalized spacial score (nSPS) is 14.7. The van der Waals surface area contributed by atoms with Crippen molar-refractivity contribution in [2.24, 2.45) is 5.73 Å². The van der Waals surface area contributed by atoms with E-state index in [2.05, 4.69) is 22.3 Å². The van der Waals surface area contributed by atoms with Gasteiger partial charge < -0.3 is 16.0 Å². The van der Waals surface area contributed by atoms with Gasteiger partial charge in [-0.1, -0.05) is 11.6 Å². The van der Waals surface area contributed by atoms with E-state index in [1.54, 1.807) is 0 Å². The predicted molar refractivity (Wildman–Crippen MR) is 78.6 cm³/mol. The van der Waals surface area contributed by atoms with Crippen LogP contribution >= 0.6 is 0 Å². The summed E-state index contributed by atoms with van der Waals surface area (Å²) in [5.41, 5.74) is 8.42. The Hall–Kier alpha value is -1.55. The number of aryl methyl sites for hydroxylation is 1. The van der Waals surface area contributed by atoms with Crippen LogP contribution in [0.5, 0.6) is 0 Å². The van der Waals surface area contributed by atoms with Crippen molar-refractivity contribution >= 4 is 11.6 Å². The molecule has 1 saturated heterocycles. The van der Waals surface area contributed by atoms with E-state index in [9.17, 15) is 4.79 Å². The maximum Gasteiger partial charge on any atom is 0.253 e. The molecule has 1 fully saturated rings. The van der Waals surface area contributed by atoms with Gasteiger partial charge in [-0.05, 0) is 44.9 Å². The fraction of sp³-hybridized carbons (Fsp3) is 0.533. The maximum atomic E-state index is 12.3. The van der Waals surface area contributed by atoms with Crippen LogP contribution in [0.1, 0.15) is 35.2 Å². The van der Waals surface area contributed by atoms with Gasteiger partial charge in [-0.3, -0.25) is 4.79 Å². The molecule has 4 heteroatoms. The van der Waals surface area contributed by atoms with Crippen LogP contribution in [0.15, 0.2) is 18.2 Å². The molecule has 1 amide bonds. The van der Waals surface area contributed by atoms with E-state index in [-0.39, 0.29) is 5.91 Å². The molecule has 0 atom stereocenters. The summed E-state index contributed by atoms with van der Waals surface area (Å²) in [7, 11) is 0.